The van der Waals surface area contributed by atoms with Crippen LogP contribution in [0, 0.1) is 0 Å². The second-order valence-corrected chi connectivity index (χ2v) is 7.49. The predicted octanol–water partition coefficient (Wildman–Crippen LogP) is 0.856. The molecule has 2 saturated heterocycles. The molecule has 2 aromatic heterocycles. The molecule has 0 bridgehead atoms. The van der Waals surface area contributed by atoms with E-state index in [1.165, 1.54) is 0 Å². The van der Waals surface area contributed by atoms with Crippen molar-refractivity contribution in [2.24, 2.45) is 0 Å². The van der Waals surface area contributed by atoms with Crippen LogP contribution in [0.1, 0.15) is 12.0 Å². The minimum absolute atomic E-state index is 0.384. The van der Waals surface area contributed by atoms with Gasteiger partial charge in [0.25, 0.3) is 0 Å². The van der Waals surface area contributed by atoms with Crippen molar-refractivity contribution in [1.82, 2.24) is 24.8 Å². The van der Waals surface area contributed by atoms with Crippen LogP contribution in [0.2, 0.25) is 0 Å². The fraction of sp³-hybridized carbons (Fsp3) is 0.579. The Balaban J connectivity index is 1.31. The largest absolute Gasteiger partial charge is 0.378 e. The van der Waals surface area contributed by atoms with Crippen LogP contribution in [0.15, 0.2) is 24.7 Å². The molecule has 2 fully saturated rings. The molecule has 0 aromatic carbocycles. The first-order chi connectivity index (χ1) is 13.7. The fourth-order valence-corrected chi connectivity index (χ4v) is 3.57. The maximum Gasteiger partial charge on any atom is 0.227 e. The molecule has 2 aliphatic rings. The summed E-state index contributed by atoms with van der Waals surface area (Å²) in [5, 5.41) is 3.57. The molecule has 1 unspecified atom stereocenters. The Morgan fingerprint density at radius 2 is 1.93 bits per heavy atom. The molecule has 150 valence electrons. The zero-order valence-electron chi connectivity index (χ0n) is 16.6. The Labute approximate surface area is 165 Å². The summed E-state index contributed by atoms with van der Waals surface area (Å²) in [4.78, 5) is 24.4. The summed E-state index contributed by atoms with van der Waals surface area (Å²) in [5.41, 5.74) is 1.14. The fourth-order valence-electron chi connectivity index (χ4n) is 3.57. The third-order valence-corrected chi connectivity index (χ3v) is 5.06. The van der Waals surface area contributed by atoms with Gasteiger partial charge in [-0.25, -0.2) is 15.0 Å². The van der Waals surface area contributed by atoms with Gasteiger partial charge in [-0.2, -0.15) is 4.98 Å². The van der Waals surface area contributed by atoms with Crippen molar-refractivity contribution >= 4 is 17.7 Å². The van der Waals surface area contributed by atoms with E-state index in [9.17, 15) is 0 Å². The van der Waals surface area contributed by atoms with Crippen molar-refractivity contribution in [3.63, 3.8) is 0 Å². The minimum Gasteiger partial charge on any atom is -0.378 e. The quantitative estimate of drug-likeness (QED) is 0.779. The summed E-state index contributed by atoms with van der Waals surface area (Å²) in [7, 11) is 3.90. The highest BCUT2D eigenvalue weighted by Crippen LogP contribution is 2.18. The third kappa shape index (κ3) is 4.66. The van der Waals surface area contributed by atoms with Gasteiger partial charge >= 0.3 is 0 Å². The molecular weight excluding hydrogens is 356 g/mol. The molecule has 0 amide bonds. The van der Waals surface area contributed by atoms with Crippen LogP contribution < -0.4 is 15.1 Å². The van der Waals surface area contributed by atoms with Crippen LogP contribution in [0.4, 0.5) is 17.7 Å². The van der Waals surface area contributed by atoms with E-state index >= 15 is 0 Å². The number of likely N-dealkylation sites (tertiary alicyclic amines) is 1. The van der Waals surface area contributed by atoms with E-state index < -0.39 is 0 Å². The molecule has 1 N–H and O–H groups in total. The molecule has 4 heterocycles. The maximum atomic E-state index is 5.41. The van der Waals surface area contributed by atoms with E-state index in [2.05, 4.69) is 30.1 Å². The Morgan fingerprint density at radius 1 is 1.14 bits per heavy atom. The van der Waals surface area contributed by atoms with Crippen LogP contribution in [-0.2, 0) is 11.3 Å². The topological polar surface area (TPSA) is 82.5 Å². The summed E-state index contributed by atoms with van der Waals surface area (Å²) >= 11 is 0. The Bertz CT molecular complexity index is 763. The van der Waals surface area contributed by atoms with Gasteiger partial charge in [0.15, 0.2) is 0 Å². The summed E-state index contributed by atoms with van der Waals surface area (Å²) in [6.07, 6.45) is 6.76. The number of rotatable bonds is 6. The van der Waals surface area contributed by atoms with Crippen molar-refractivity contribution < 1.29 is 4.74 Å². The van der Waals surface area contributed by atoms with Gasteiger partial charge < -0.3 is 19.9 Å². The second-order valence-electron chi connectivity index (χ2n) is 7.49. The van der Waals surface area contributed by atoms with Crippen molar-refractivity contribution in [2.45, 2.75) is 19.0 Å². The zero-order valence-corrected chi connectivity index (χ0v) is 16.6. The molecule has 0 radical (unpaired) electrons. The third-order valence-electron chi connectivity index (χ3n) is 5.06. The number of ether oxygens (including phenoxy) is 1. The first-order valence-corrected chi connectivity index (χ1v) is 9.80. The lowest BCUT2D eigenvalue weighted by molar-refractivity contribution is 0.122. The minimum atomic E-state index is 0.384. The summed E-state index contributed by atoms with van der Waals surface area (Å²) in [5.74, 6) is 2.41. The van der Waals surface area contributed by atoms with Gasteiger partial charge in [-0.3, -0.25) is 4.90 Å². The average molecular weight is 384 g/mol. The molecule has 9 nitrogen and oxygen atoms in total. The highest BCUT2D eigenvalue weighted by Gasteiger charge is 2.23. The standard InChI is InChI=1S/C19H28N8O/c1-25(2)18-21-11-15(12-22-18)13-26-6-4-16(14-26)23-17-3-5-20-19(24-17)27-7-9-28-10-8-27/h3,5,11-12,16H,4,6-10,13-14H2,1-2H3,(H,20,23,24). The van der Waals surface area contributed by atoms with Crippen LogP contribution in [0.5, 0.6) is 0 Å². The monoisotopic (exact) mass is 384 g/mol. The van der Waals surface area contributed by atoms with Crippen molar-refractivity contribution in [3.05, 3.63) is 30.2 Å². The molecule has 1 atom stereocenters. The van der Waals surface area contributed by atoms with E-state index in [0.29, 0.717) is 6.04 Å². The van der Waals surface area contributed by atoms with E-state index in [-0.39, 0.29) is 0 Å². The van der Waals surface area contributed by atoms with Crippen molar-refractivity contribution in [3.8, 4) is 0 Å². The highest BCUT2D eigenvalue weighted by molar-refractivity contribution is 5.42. The van der Waals surface area contributed by atoms with Gasteiger partial charge in [0.05, 0.1) is 13.2 Å². The molecule has 0 spiro atoms. The van der Waals surface area contributed by atoms with Crippen LogP contribution >= 0.6 is 0 Å². The summed E-state index contributed by atoms with van der Waals surface area (Å²) in [6.45, 7) is 6.05. The lowest BCUT2D eigenvalue weighted by Crippen LogP contribution is -2.37. The highest BCUT2D eigenvalue weighted by atomic mass is 16.5. The zero-order chi connectivity index (χ0) is 19.3. The van der Waals surface area contributed by atoms with Crippen molar-refractivity contribution in [2.75, 3.05) is 68.6 Å². The second kappa shape index (κ2) is 8.66. The first-order valence-electron chi connectivity index (χ1n) is 9.80. The van der Waals surface area contributed by atoms with Crippen molar-refractivity contribution in [1.29, 1.82) is 0 Å². The van der Waals surface area contributed by atoms with Crippen LogP contribution in [-0.4, -0.2) is 84.4 Å². The summed E-state index contributed by atoms with van der Waals surface area (Å²) in [6, 6.07) is 2.33. The Kier molecular flexibility index (Phi) is 5.82. The van der Waals surface area contributed by atoms with Gasteiger partial charge in [-0.05, 0) is 12.5 Å². The number of anilines is 3. The molecular formula is C19H28N8O. The Hall–Kier alpha value is -2.52. The smallest absolute Gasteiger partial charge is 0.227 e. The normalized spacial score (nSPS) is 20.4. The number of nitrogens with one attached hydrogen (secondary N) is 1. The maximum absolute atomic E-state index is 5.41. The molecule has 2 aromatic rings. The van der Waals surface area contributed by atoms with E-state index in [1.807, 2.05) is 43.7 Å². The molecule has 9 heteroatoms. The summed E-state index contributed by atoms with van der Waals surface area (Å²) < 4.78 is 5.41. The van der Waals surface area contributed by atoms with Crippen LogP contribution in [0.25, 0.3) is 0 Å². The first kappa shape index (κ1) is 18.8. The number of aromatic nitrogens is 4. The van der Waals surface area contributed by atoms with E-state index in [4.69, 9.17) is 9.72 Å². The number of hydrogen-bond donors (Lipinski definition) is 1. The lowest BCUT2D eigenvalue weighted by atomic mass is 10.2. The molecule has 0 aliphatic carbocycles. The van der Waals surface area contributed by atoms with E-state index in [0.717, 1.165) is 75.6 Å². The van der Waals surface area contributed by atoms with E-state index in [1.54, 1.807) is 0 Å². The SMILES string of the molecule is CN(C)c1ncc(CN2CCC(Nc3ccnc(N4CCOCC4)n3)C2)cn1. The molecule has 4 rings (SSSR count). The molecule has 28 heavy (non-hydrogen) atoms. The van der Waals surface area contributed by atoms with Gasteiger partial charge in [0.2, 0.25) is 11.9 Å². The van der Waals surface area contributed by atoms with Gasteiger partial charge in [-0.1, -0.05) is 0 Å². The number of morpholine rings is 1. The average Bonchev–Trinajstić information content (AvgIpc) is 3.16. The van der Waals surface area contributed by atoms with Gasteiger partial charge in [0, 0.05) is 77.0 Å². The predicted molar refractivity (Wildman–Crippen MR) is 109 cm³/mol. The number of hydrogen-bond acceptors (Lipinski definition) is 9. The lowest BCUT2D eigenvalue weighted by Gasteiger charge is -2.27. The van der Waals surface area contributed by atoms with Gasteiger partial charge in [-0.15, -0.1) is 0 Å². The molecule has 0 saturated carbocycles. The Morgan fingerprint density at radius 3 is 2.68 bits per heavy atom. The molecule has 2 aliphatic heterocycles. The van der Waals surface area contributed by atoms with Crippen LogP contribution in [0.3, 0.4) is 0 Å². The van der Waals surface area contributed by atoms with Gasteiger partial charge in [0.1, 0.15) is 5.82 Å². The number of nitrogens with zero attached hydrogens (tertiary/aromatic N) is 7.